The third-order valence-electron chi connectivity index (χ3n) is 4.29. The number of carbonyl (C=O) groups is 2. The molecule has 0 heterocycles. The van der Waals surface area contributed by atoms with E-state index in [1.54, 1.807) is 18.2 Å². The van der Waals surface area contributed by atoms with Gasteiger partial charge in [0.2, 0.25) is 0 Å². The van der Waals surface area contributed by atoms with E-state index in [1.165, 1.54) is 24.3 Å². The highest BCUT2D eigenvalue weighted by Crippen LogP contribution is 2.28. The summed E-state index contributed by atoms with van der Waals surface area (Å²) in [5, 5.41) is 19.5. The van der Waals surface area contributed by atoms with E-state index >= 15 is 0 Å². The Bertz CT molecular complexity index is 770. The van der Waals surface area contributed by atoms with E-state index in [4.69, 9.17) is 0 Å². The van der Waals surface area contributed by atoms with Crippen LogP contribution >= 0.6 is 0 Å². The number of ketones is 1. The van der Waals surface area contributed by atoms with Gasteiger partial charge in [0.25, 0.3) is 0 Å². The van der Waals surface area contributed by atoms with Gasteiger partial charge in [0.15, 0.2) is 5.78 Å². The van der Waals surface area contributed by atoms with Crippen LogP contribution in [-0.2, 0) is 0 Å². The highest BCUT2D eigenvalue weighted by atomic mass is 16.4. The minimum Gasteiger partial charge on any atom is -0.507 e. The molecule has 0 fully saturated rings. The molecule has 0 aliphatic heterocycles. The first-order valence-electron chi connectivity index (χ1n) is 7.79. The van der Waals surface area contributed by atoms with Crippen LogP contribution in [0, 0.1) is 0 Å². The average Bonchev–Trinajstić information content (AvgIpc) is 2.59. The molecule has 2 aromatic carbocycles. The first-order valence-corrected chi connectivity index (χ1v) is 7.79. The van der Waals surface area contributed by atoms with Crippen LogP contribution in [0.3, 0.4) is 0 Å². The molecular formula is C19H21NO4. The number of phenolic OH excluding ortho intramolecular Hbond substituents is 1. The maximum absolute atomic E-state index is 12.6. The van der Waals surface area contributed by atoms with Crippen LogP contribution in [0.15, 0.2) is 42.5 Å². The number of phenols is 1. The van der Waals surface area contributed by atoms with Crippen molar-refractivity contribution in [3.05, 3.63) is 59.2 Å². The third-order valence-corrected chi connectivity index (χ3v) is 4.29. The van der Waals surface area contributed by atoms with Gasteiger partial charge in [0.1, 0.15) is 5.75 Å². The molecule has 0 aliphatic rings. The molecule has 0 aromatic heterocycles. The van der Waals surface area contributed by atoms with Crippen molar-refractivity contribution in [1.29, 1.82) is 0 Å². The van der Waals surface area contributed by atoms with E-state index < -0.39 is 11.8 Å². The predicted octanol–water partition coefficient (Wildman–Crippen LogP) is 3.56. The van der Waals surface area contributed by atoms with Crippen LogP contribution in [0.25, 0.3) is 0 Å². The average molecular weight is 327 g/mol. The molecule has 5 heteroatoms. The van der Waals surface area contributed by atoms with E-state index in [2.05, 4.69) is 13.8 Å². The van der Waals surface area contributed by atoms with Gasteiger partial charge >= 0.3 is 5.97 Å². The lowest BCUT2D eigenvalue weighted by Crippen LogP contribution is -2.27. The van der Waals surface area contributed by atoms with Gasteiger partial charge in [-0.1, -0.05) is 25.1 Å². The number of carboxylic acids is 1. The molecule has 2 aromatic rings. The van der Waals surface area contributed by atoms with Crippen molar-refractivity contribution in [3.63, 3.8) is 0 Å². The van der Waals surface area contributed by atoms with Gasteiger partial charge in [-0.3, -0.25) is 4.79 Å². The summed E-state index contributed by atoms with van der Waals surface area (Å²) in [5.74, 6) is -1.84. The smallest absolute Gasteiger partial charge is 0.336 e. The molecule has 0 bridgehead atoms. The van der Waals surface area contributed by atoms with E-state index in [0.717, 1.165) is 12.1 Å². The molecule has 1 atom stereocenters. The lowest BCUT2D eigenvalue weighted by Gasteiger charge is -2.26. The molecule has 5 nitrogen and oxygen atoms in total. The highest BCUT2D eigenvalue weighted by molar-refractivity contribution is 6.15. The van der Waals surface area contributed by atoms with Gasteiger partial charge in [-0.15, -0.1) is 0 Å². The first kappa shape index (κ1) is 17.5. The Balaban J connectivity index is 2.40. The summed E-state index contributed by atoms with van der Waals surface area (Å²) in [6.45, 7) is 4.14. The van der Waals surface area contributed by atoms with Crippen LogP contribution < -0.4 is 4.90 Å². The summed E-state index contributed by atoms with van der Waals surface area (Å²) < 4.78 is 0. The largest absolute Gasteiger partial charge is 0.507 e. The monoisotopic (exact) mass is 327 g/mol. The third kappa shape index (κ3) is 3.40. The quantitative estimate of drug-likeness (QED) is 0.793. The van der Waals surface area contributed by atoms with Gasteiger partial charge in [-0.2, -0.15) is 0 Å². The second-order valence-corrected chi connectivity index (χ2v) is 5.75. The zero-order valence-corrected chi connectivity index (χ0v) is 14.0. The van der Waals surface area contributed by atoms with Crippen LogP contribution in [-0.4, -0.2) is 35.1 Å². The van der Waals surface area contributed by atoms with Gasteiger partial charge in [-0.05, 0) is 31.5 Å². The Hall–Kier alpha value is -2.82. The number of carbonyl (C=O) groups excluding carboxylic acids is 1. The lowest BCUT2D eigenvalue weighted by atomic mass is 9.97. The van der Waals surface area contributed by atoms with Gasteiger partial charge in [-0.25, -0.2) is 4.79 Å². The summed E-state index contributed by atoms with van der Waals surface area (Å²) in [5.41, 5.74) is 0.862. The Morgan fingerprint density at radius 3 is 2.25 bits per heavy atom. The topological polar surface area (TPSA) is 77.8 Å². The lowest BCUT2D eigenvalue weighted by molar-refractivity contribution is 0.0692. The van der Waals surface area contributed by atoms with Gasteiger partial charge < -0.3 is 15.1 Å². The molecule has 2 rings (SSSR count). The van der Waals surface area contributed by atoms with Crippen LogP contribution in [0.1, 0.15) is 46.5 Å². The summed E-state index contributed by atoms with van der Waals surface area (Å²) >= 11 is 0. The molecular weight excluding hydrogens is 306 g/mol. The van der Waals surface area contributed by atoms with Gasteiger partial charge in [0.05, 0.1) is 11.1 Å². The molecule has 2 N–H and O–H groups in total. The molecule has 126 valence electrons. The molecule has 24 heavy (non-hydrogen) atoms. The van der Waals surface area contributed by atoms with Gasteiger partial charge in [0, 0.05) is 30.4 Å². The predicted molar refractivity (Wildman–Crippen MR) is 93.1 cm³/mol. The Morgan fingerprint density at radius 2 is 1.71 bits per heavy atom. The summed E-state index contributed by atoms with van der Waals surface area (Å²) in [6.07, 6.45) is 0.948. The van der Waals surface area contributed by atoms with Crippen molar-refractivity contribution in [3.8, 4) is 5.75 Å². The fourth-order valence-electron chi connectivity index (χ4n) is 2.47. The zero-order chi connectivity index (χ0) is 17.9. The number of hydrogen-bond acceptors (Lipinski definition) is 4. The van der Waals surface area contributed by atoms with Crippen molar-refractivity contribution >= 4 is 17.4 Å². The number of hydrogen-bond donors (Lipinski definition) is 2. The normalized spacial score (nSPS) is 11.8. The Morgan fingerprint density at radius 1 is 1.08 bits per heavy atom. The highest BCUT2D eigenvalue weighted by Gasteiger charge is 2.20. The maximum atomic E-state index is 12.6. The molecule has 0 saturated carbocycles. The van der Waals surface area contributed by atoms with E-state index in [1.807, 2.05) is 11.9 Å². The maximum Gasteiger partial charge on any atom is 0.336 e. The van der Waals surface area contributed by atoms with Crippen molar-refractivity contribution in [2.45, 2.75) is 26.3 Å². The molecule has 0 saturated heterocycles. The van der Waals surface area contributed by atoms with Crippen molar-refractivity contribution < 1.29 is 19.8 Å². The SMILES string of the molecule is CCC(C)N(C)c1ccc(C(=O)c2ccccc2C(=O)O)c(O)c1. The molecule has 1 unspecified atom stereocenters. The van der Waals surface area contributed by atoms with E-state index in [-0.39, 0.29) is 22.4 Å². The fourth-order valence-corrected chi connectivity index (χ4v) is 2.47. The number of aromatic carboxylic acids is 1. The Kier molecular flexibility index (Phi) is 5.24. The van der Waals surface area contributed by atoms with Crippen molar-refractivity contribution in [2.24, 2.45) is 0 Å². The minimum absolute atomic E-state index is 0.0586. The number of nitrogens with zero attached hydrogens (tertiary/aromatic N) is 1. The Labute approximate surface area is 141 Å². The van der Waals surface area contributed by atoms with Crippen LogP contribution in [0.4, 0.5) is 5.69 Å². The molecule has 0 radical (unpaired) electrons. The van der Waals surface area contributed by atoms with E-state index in [9.17, 15) is 19.8 Å². The summed E-state index contributed by atoms with van der Waals surface area (Å²) in [7, 11) is 1.92. The number of rotatable bonds is 6. The van der Waals surface area contributed by atoms with Crippen LogP contribution in [0.5, 0.6) is 5.75 Å². The number of aromatic hydroxyl groups is 1. The minimum atomic E-state index is -1.17. The number of carboxylic acid groups (broad SMARTS) is 1. The number of benzene rings is 2. The second kappa shape index (κ2) is 7.17. The first-order chi connectivity index (χ1) is 11.4. The molecule has 0 amide bonds. The van der Waals surface area contributed by atoms with Crippen LogP contribution in [0.2, 0.25) is 0 Å². The van der Waals surface area contributed by atoms with Crippen molar-refractivity contribution in [2.75, 3.05) is 11.9 Å². The molecule has 0 aliphatic carbocycles. The van der Waals surface area contributed by atoms with Crippen molar-refractivity contribution in [1.82, 2.24) is 0 Å². The van der Waals surface area contributed by atoms with E-state index in [0.29, 0.717) is 6.04 Å². The molecule has 0 spiro atoms. The number of anilines is 1. The summed E-state index contributed by atoms with van der Waals surface area (Å²) in [6, 6.07) is 11.1. The second-order valence-electron chi connectivity index (χ2n) is 5.75. The summed E-state index contributed by atoms with van der Waals surface area (Å²) in [4.78, 5) is 25.9. The fraction of sp³-hybridized carbons (Fsp3) is 0.263. The standard InChI is InChI=1S/C19H21NO4/c1-4-12(2)20(3)13-9-10-16(17(21)11-13)18(22)14-7-5-6-8-15(14)19(23)24/h5-12,21H,4H2,1-3H3,(H,23,24). The zero-order valence-electron chi connectivity index (χ0n) is 14.0.